The Morgan fingerprint density at radius 3 is 2.38 bits per heavy atom. The predicted molar refractivity (Wildman–Crippen MR) is 44.3 cm³/mol. The van der Waals surface area contributed by atoms with Gasteiger partial charge < -0.3 is 5.73 Å². The second-order valence-corrected chi connectivity index (χ2v) is 3.61. The molecule has 13 heavy (non-hydrogen) atoms. The highest BCUT2D eigenvalue weighted by Gasteiger charge is 2.36. The van der Waals surface area contributed by atoms with Crippen LogP contribution in [0.1, 0.15) is 12.8 Å². The van der Waals surface area contributed by atoms with Crippen molar-refractivity contribution < 1.29 is 13.2 Å². The Bertz CT molecular complexity index is 152. The summed E-state index contributed by atoms with van der Waals surface area (Å²) in [5.74, 6) is 0.436. The molecule has 0 atom stereocenters. The number of nitrogens with two attached hydrogens (primary N) is 1. The van der Waals surface area contributed by atoms with Crippen molar-refractivity contribution in [3.63, 3.8) is 0 Å². The van der Waals surface area contributed by atoms with Crippen molar-refractivity contribution in [3.05, 3.63) is 0 Å². The predicted octanol–water partition coefficient (Wildman–Crippen LogP) is 1.22. The van der Waals surface area contributed by atoms with Crippen LogP contribution in [0.25, 0.3) is 0 Å². The summed E-state index contributed by atoms with van der Waals surface area (Å²) in [6, 6.07) is 0. The zero-order valence-electron chi connectivity index (χ0n) is 7.48. The molecule has 0 bridgehead atoms. The van der Waals surface area contributed by atoms with Crippen LogP contribution in [0.2, 0.25) is 0 Å². The van der Waals surface area contributed by atoms with Gasteiger partial charge in [0.1, 0.15) is 0 Å². The summed E-state index contributed by atoms with van der Waals surface area (Å²) in [7, 11) is 0. The van der Waals surface area contributed by atoms with Crippen molar-refractivity contribution >= 4 is 0 Å². The zero-order valence-corrected chi connectivity index (χ0v) is 7.48. The van der Waals surface area contributed by atoms with E-state index in [1.807, 2.05) is 0 Å². The van der Waals surface area contributed by atoms with Gasteiger partial charge in [-0.3, -0.25) is 4.90 Å². The fraction of sp³-hybridized carbons (Fsp3) is 1.00. The van der Waals surface area contributed by atoms with E-state index in [1.54, 1.807) is 0 Å². The fourth-order valence-corrected chi connectivity index (χ4v) is 1.65. The first-order chi connectivity index (χ1) is 6.01. The Balaban J connectivity index is 2.05. The van der Waals surface area contributed by atoms with Crippen LogP contribution in [0.4, 0.5) is 13.2 Å². The van der Waals surface area contributed by atoms with Crippen LogP contribution in [0.15, 0.2) is 0 Å². The number of hydrogen-bond acceptors (Lipinski definition) is 2. The number of halogens is 3. The van der Waals surface area contributed by atoms with Gasteiger partial charge in [-0.1, -0.05) is 0 Å². The summed E-state index contributed by atoms with van der Waals surface area (Å²) >= 11 is 0. The number of alkyl halides is 3. The van der Waals surface area contributed by atoms with E-state index in [4.69, 9.17) is 5.73 Å². The van der Waals surface area contributed by atoms with E-state index in [9.17, 15) is 13.2 Å². The largest absolute Gasteiger partial charge is 0.401 e. The minimum atomic E-state index is -4.04. The summed E-state index contributed by atoms with van der Waals surface area (Å²) in [6.07, 6.45) is -2.16. The standard InChI is InChI=1S/C8H15F3N2/c9-8(10,11)6-13-4-7(5-13)2-1-3-12/h7H,1-6,12H2. The molecular weight excluding hydrogens is 181 g/mol. The van der Waals surface area contributed by atoms with Crippen LogP contribution in [0.5, 0.6) is 0 Å². The van der Waals surface area contributed by atoms with Gasteiger partial charge in [-0.2, -0.15) is 13.2 Å². The summed E-state index contributed by atoms with van der Waals surface area (Å²) in [5.41, 5.74) is 5.30. The smallest absolute Gasteiger partial charge is 0.330 e. The van der Waals surface area contributed by atoms with E-state index in [1.165, 1.54) is 4.90 Å². The second kappa shape index (κ2) is 4.28. The average molecular weight is 196 g/mol. The van der Waals surface area contributed by atoms with E-state index in [-0.39, 0.29) is 0 Å². The Kier molecular flexibility index (Phi) is 3.55. The maximum Gasteiger partial charge on any atom is 0.401 e. The van der Waals surface area contributed by atoms with Crippen molar-refractivity contribution in [1.82, 2.24) is 4.90 Å². The molecule has 0 spiro atoms. The molecule has 78 valence electrons. The molecule has 1 rings (SSSR count). The number of rotatable bonds is 4. The topological polar surface area (TPSA) is 29.3 Å². The molecule has 0 aromatic heterocycles. The maximum atomic E-state index is 11.8. The number of likely N-dealkylation sites (tertiary alicyclic amines) is 1. The molecule has 2 nitrogen and oxygen atoms in total. The molecular formula is C8H15F3N2. The third kappa shape index (κ3) is 3.95. The Morgan fingerprint density at radius 2 is 1.92 bits per heavy atom. The first-order valence-electron chi connectivity index (χ1n) is 4.50. The lowest BCUT2D eigenvalue weighted by molar-refractivity contribution is -0.158. The molecule has 1 saturated heterocycles. The SMILES string of the molecule is NCCCC1CN(CC(F)(F)F)C1. The van der Waals surface area contributed by atoms with Crippen LogP contribution in [0, 0.1) is 5.92 Å². The third-order valence-electron chi connectivity index (χ3n) is 2.25. The molecule has 0 saturated carbocycles. The quantitative estimate of drug-likeness (QED) is 0.732. The van der Waals surface area contributed by atoms with Crippen LogP contribution in [0.3, 0.4) is 0 Å². The minimum Gasteiger partial charge on any atom is -0.330 e. The zero-order chi connectivity index (χ0) is 9.90. The molecule has 0 aliphatic carbocycles. The lowest BCUT2D eigenvalue weighted by atomic mass is 9.95. The van der Waals surface area contributed by atoms with Crippen molar-refractivity contribution in [3.8, 4) is 0 Å². The molecule has 1 aliphatic heterocycles. The molecule has 0 aromatic carbocycles. The van der Waals surface area contributed by atoms with Crippen molar-refractivity contribution in [2.45, 2.75) is 19.0 Å². The van der Waals surface area contributed by atoms with Gasteiger partial charge in [0.25, 0.3) is 0 Å². The highest BCUT2D eigenvalue weighted by molar-refractivity contribution is 4.81. The summed E-state index contributed by atoms with van der Waals surface area (Å²) in [4.78, 5) is 1.43. The maximum absolute atomic E-state index is 11.8. The molecule has 0 amide bonds. The van der Waals surface area contributed by atoms with Crippen LogP contribution in [-0.4, -0.2) is 37.3 Å². The van der Waals surface area contributed by atoms with Gasteiger partial charge in [-0.15, -0.1) is 0 Å². The molecule has 5 heteroatoms. The van der Waals surface area contributed by atoms with E-state index in [0.717, 1.165) is 12.8 Å². The average Bonchev–Trinajstić information content (AvgIpc) is 1.91. The van der Waals surface area contributed by atoms with Crippen molar-refractivity contribution in [2.24, 2.45) is 11.7 Å². The normalized spacial score (nSPS) is 20.3. The third-order valence-corrected chi connectivity index (χ3v) is 2.25. The molecule has 0 radical (unpaired) electrons. The lowest BCUT2D eigenvalue weighted by Crippen LogP contribution is -2.50. The minimum absolute atomic E-state index is 0.436. The van der Waals surface area contributed by atoms with E-state index >= 15 is 0 Å². The summed E-state index contributed by atoms with van der Waals surface area (Å²) in [5, 5.41) is 0. The first-order valence-corrected chi connectivity index (χ1v) is 4.50. The number of nitrogens with zero attached hydrogens (tertiary/aromatic N) is 1. The Morgan fingerprint density at radius 1 is 1.31 bits per heavy atom. The van der Waals surface area contributed by atoms with Crippen LogP contribution in [-0.2, 0) is 0 Å². The van der Waals surface area contributed by atoms with Gasteiger partial charge in [-0.05, 0) is 25.3 Å². The highest BCUT2D eigenvalue weighted by atomic mass is 19.4. The van der Waals surface area contributed by atoms with Crippen molar-refractivity contribution in [2.75, 3.05) is 26.2 Å². The summed E-state index contributed by atoms with van der Waals surface area (Å²) in [6.45, 7) is 1.04. The van der Waals surface area contributed by atoms with E-state index < -0.39 is 12.7 Å². The molecule has 0 aromatic rings. The van der Waals surface area contributed by atoms with Gasteiger partial charge in [0.15, 0.2) is 0 Å². The van der Waals surface area contributed by atoms with Crippen LogP contribution >= 0.6 is 0 Å². The van der Waals surface area contributed by atoms with Gasteiger partial charge in [0, 0.05) is 13.1 Å². The molecule has 1 heterocycles. The van der Waals surface area contributed by atoms with Crippen molar-refractivity contribution in [1.29, 1.82) is 0 Å². The molecule has 0 unspecified atom stereocenters. The fourth-order valence-electron chi connectivity index (χ4n) is 1.65. The first kappa shape index (κ1) is 10.8. The van der Waals surface area contributed by atoms with Crippen LogP contribution < -0.4 is 5.73 Å². The van der Waals surface area contributed by atoms with E-state index in [2.05, 4.69) is 0 Å². The Labute approximate surface area is 75.9 Å². The monoisotopic (exact) mass is 196 g/mol. The summed E-state index contributed by atoms with van der Waals surface area (Å²) < 4.78 is 35.5. The number of hydrogen-bond donors (Lipinski definition) is 1. The highest BCUT2D eigenvalue weighted by Crippen LogP contribution is 2.25. The van der Waals surface area contributed by atoms with Gasteiger partial charge >= 0.3 is 6.18 Å². The van der Waals surface area contributed by atoms with Gasteiger partial charge in [0.05, 0.1) is 6.54 Å². The molecule has 2 N–H and O–H groups in total. The van der Waals surface area contributed by atoms with Gasteiger partial charge in [-0.25, -0.2) is 0 Å². The Hall–Kier alpha value is -0.290. The lowest BCUT2D eigenvalue weighted by Gasteiger charge is -2.39. The van der Waals surface area contributed by atoms with E-state index in [0.29, 0.717) is 25.6 Å². The van der Waals surface area contributed by atoms with Gasteiger partial charge in [0.2, 0.25) is 0 Å². The molecule has 1 aliphatic rings. The second-order valence-electron chi connectivity index (χ2n) is 3.61. The molecule has 1 fully saturated rings.